The number of halogens is 1. The zero-order valence-electron chi connectivity index (χ0n) is 9.56. The number of rotatable bonds is 8. The number of carboxylic acid groups (broad SMARTS) is 1. The van der Waals surface area contributed by atoms with E-state index in [4.69, 9.17) is 4.74 Å². The number of likely N-dealkylation sites (N-methyl/N-ethyl adjacent to an activating group) is 1. The molecule has 1 unspecified atom stereocenters. The fourth-order valence-corrected chi connectivity index (χ4v) is 1.01. The smallest absolute Gasteiger partial charge is 0.549 e. The Morgan fingerprint density at radius 3 is 2.71 bits per heavy atom. The van der Waals surface area contributed by atoms with Gasteiger partial charge in [0.05, 0.1) is 31.6 Å². The summed E-state index contributed by atoms with van der Waals surface area (Å²) in [5.74, 6) is -1.20. The number of nitrogens with zero attached hydrogens (tertiary/aromatic N) is 1. The number of carbonyl (C=O) groups is 1. The second kappa shape index (κ2) is 14.1. The van der Waals surface area contributed by atoms with Crippen molar-refractivity contribution in [1.82, 2.24) is 4.90 Å². The minimum atomic E-state index is -1.20. The Bertz CT molecular complexity index is 216. The van der Waals surface area contributed by atoms with Gasteiger partial charge in [-0.05, 0) is 13.1 Å². The molecule has 0 heterocycles. The van der Waals surface area contributed by atoms with E-state index in [0.717, 1.165) is 6.08 Å². The van der Waals surface area contributed by atoms with Crippen molar-refractivity contribution < 1.29 is 53.7 Å². The van der Waals surface area contributed by atoms with E-state index in [2.05, 4.69) is 0 Å². The van der Waals surface area contributed by atoms with Crippen molar-refractivity contribution in [1.29, 1.82) is 0 Å². The fraction of sp³-hybridized carbons (Fsp3) is 0.700. The Hall–Kier alpha value is 0.0200. The largest absolute Gasteiger partial charge is 1.00 e. The molecule has 17 heavy (non-hydrogen) atoms. The molecule has 96 valence electrons. The molecule has 0 spiro atoms. The van der Waals surface area contributed by atoms with E-state index in [0.29, 0.717) is 6.33 Å². The van der Waals surface area contributed by atoms with Crippen molar-refractivity contribution in [3.8, 4) is 0 Å². The van der Waals surface area contributed by atoms with Gasteiger partial charge >= 0.3 is 29.6 Å². The molecule has 1 N–H and O–H groups in total. The van der Waals surface area contributed by atoms with Crippen LogP contribution in [-0.2, 0) is 9.53 Å². The Morgan fingerprint density at radius 2 is 2.24 bits per heavy atom. The predicted octanol–water partition coefficient (Wildman–Crippen LogP) is -3.83. The molecule has 0 saturated carbocycles. The second-order valence-electron chi connectivity index (χ2n) is 3.12. The third-order valence-corrected chi connectivity index (χ3v) is 1.53. The summed E-state index contributed by atoms with van der Waals surface area (Å²) in [5, 5.41) is 19.5. The van der Waals surface area contributed by atoms with Crippen molar-refractivity contribution in [2.24, 2.45) is 0 Å². The molecule has 0 aromatic heterocycles. The zero-order chi connectivity index (χ0) is 11.7. The maximum atomic E-state index is 11.5. The van der Waals surface area contributed by atoms with Gasteiger partial charge in [-0.15, -0.1) is 0 Å². The summed E-state index contributed by atoms with van der Waals surface area (Å²) in [6.45, 7) is 0.0221. The topological polar surface area (TPSA) is 72.8 Å². The van der Waals surface area contributed by atoms with Gasteiger partial charge in [-0.3, -0.25) is 4.90 Å². The van der Waals surface area contributed by atoms with Crippen LogP contribution in [0.15, 0.2) is 12.4 Å². The van der Waals surface area contributed by atoms with Crippen LogP contribution in [0.3, 0.4) is 0 Å². The van der Waals surface area contributed by atoms with Crippen LogP contribution in [0.4, 0.5) is 4.39 Å². The third kappa shape index (κ3) is 16.0. The van der Waals surface area contributed by atoms with Crippen LogP contribution in [-0.4, -0.2) is 55.4 Å². The Labute approximate surface area is 124 Å². The fourth-order valence-electron chi connectivity index (χ4n) is 1.01. The summed E-state index contributed by atoms with van der Waals surface area (Å²) in [6, 6.07) is 0. The monoisotopic (exact) mass is 259 g/mol. The van der Waals surface area contributed by atoms with Crippen molar-refractivity contribution >= 4 is 5.97 Å². The summed E-state index contributed by atoms with van der Waals surface area (Å²) >= 11 is 0. The molecule has 0 aliphatic heterocycles. The van der Waals surface area contributed by atoms with Crippen LogP contribution in [0.2, 0.25) is 0 Å². The van der Waals surface area contributed by atoms with E-state index in [9.17, 15) is 19.4 Å². The first-order valence-corrected chi connectivity index (χ1v) is 4.45. The number of hydrogen-bond acceptors (Lipinski definition) is 5. The maximum Gasteiger partial charge on any atom is 1.00 e. The van der Waals surface area contributed by atoms with E-state index in [-0.39, 0.29) is 63.3 Å². The molecule has 0 radical (unpaired) electrons. The van der Waals surface area contributed by atoms with Crippen LogP contribution in [0.5, 0.6) is 0 Å². The summed E-state index contributed by atoms with van der Waals surface area (Å²) in [5.41, 5.74) is 0. The Kier molecular flexibility index (Phi) is 18.4. The number of hydrogen-bond donors (Lipinski definition) is 1. The molecule has 0 aromatic rings. The molecule has 0 aliphatic carbocycles. The first-order valence-electron chi connectivity index (χ1n) is 4.45. The molecular formula is C10H19FNNaO4. The summed E-state index contributed by atoms with van der Waals surface area (Å²) in [6.07, 6.45) is 0.717. The van der Waals surface area contributed by atoms with Crippen LogP contribution in [0, 0.1) is 0 Å². The average Bonchev–Trinajstić information content (AvgIpc) is 2.10. The summed E-state index contributed by atoms with van der Waals surface area (Å²) in [7, 11) is 1.54. The van der Waals surface area contributed by atoms with E-state index in [1.165, 1.54) is 4.90 Å². The number of ether oxygens (including phenoxy) is 1. The van der Waals surface area contributed by atoms with Crippen LogP contribution in [0.25, 0.3) is 0 Å². The van der Waals surface area contributed by atoms with Gasteiger partial charge in [-0.25, -0.2) is 4.39 Å². The molecular weight excluding hydrogens is 240 g/mol. The van der Waals surface area contributed by atoms with Crippen molar-refractivity contribution in [3.05, 3.63) is 12.4 Å². The van der Waals surface area contributed by atoms with E-state index in [1.54, 1.807) is 7.05 Å². The summed E-state index contributed by atoms with van der Waals surface area (Å²) < 4.78 is 16.3. The van der Waals surface area contributed by atoms with Gasteiger partial charge in [0.15, 0.2) is 0 Å². The van der Waals surface area contributed by atoms with Crippen molar-refractivity contribution in [2.45, 2.75) is 13.5 Å². The first-order chi connectivity index (χ1) is 7.06. The first kappa shape index (κ1) is 22.2. The van der Waals surface area contributed by atoms with Crippen molar-refractivity contribution in [2.75, 3.05) is 33.4 Å². The van der Waals surface area contributed by atoms with Crippen LogP contribution >= 0.6 is 0 Å². The molecule has 0 saturated heterocycles. The zero-order valence-corrected chi connectivity index (χ0v) is 11.6. The number of aliphatic hydroxyl groups is 1. The van der Waals surface area contributed by atoms with Crippen LogP contribution in [0.1, 0.15) is 7.43 Å². The second-order valence-corrected chi connectivity index (χ2v) is 3.12. The molecule has 0 amide bonds. The standard InChI is InChI=1S/C9H16FNO4.CH4.Na/c1-11(6-9(13)14)5-8(12)7-15-4-2-3-10;;/h2-3,8,12H,4-7H2,1H3,(H,13,14);1H4;/q;;+1/p-1/b3-2+;;. The van der Waals surface area contributed by atoms with E-state index < -0.39 is 12.1 Å². The molecule has 0 aromatic carbocycles. The molecule has 0 bridgehead atoms. The molecule has 1 atom stereocenters. The van der Waals surface area contributed by atoms with Gasteiger partial charge < -0.3 is 19.7 Å². The molecule has 5 nitrogen and oxygen atoms in total. The maximum absolute atomic E-state index is 11.5. The SMILES string of the molecule is C.CN(CC(=O)[O-])CC(O)COC/C=C/F.[Na+]. The van der Waals surface area contributed by atoms with Gasteiger partial charge in [-0.1, -0.05) is 7.43 Å². The molecule has 0 fully saturated rings. The minimum absolute atomic E-state index is 0. The Balaban J connectivity index is -0.000000980. The van der Waals surface area contributed by atoms with E-state index >= 15 is 0 Å². The quantitative estimate of drug-likeness (QED) is 0.357. The van der Waals surface area contributed by atoms with Gasteiger partial charge in [0, 0.05) is 13.1 Å². The average molecular weight is 259 g/mol. The number of aliphatic carboxylic acids is 1. The molecule has 0 rings (SSSR count). The number of carboxylic acids is 1. The Morgan fingerprint density at radius 1 is 1.65 bits per heavy atom. The summed E-state index contributed by atoms with van der Waals surface area (Å²) in [4.78, 5) is 11.6. The molecule has 0 aliphatic rings. The third-order valence-electron chi connectivity index (χ3n) is 1.53. The van der Waals surface area contributed by atoms with Crippen LogP contribution < -0.4 is 34.7 Å². The number of aliphatic hydroxyl groups excluding tert-OH is 1. The normalized spacial score (nSPS) is 12.0. The van der Waals surface area contributed by atoms with E-state index in [1.807, 2.05) is 0 Å². The van der Waals surface area contributed by atoms with Gasteiger partial charge in [0.25, 0.3) is 0 Å². The van der Waals surface area contributed by atoms with Gasteiger partial charge in [0.1, 0.15) is 0 Å². The van der Waals surface area contributed by atoms with Gasteiger partial charge in [-0.2, -0.15) is 0 Å². The predicted molar refractivity (Wildman–Crippen MR) is 56.3 cm³/mol. The minimum Gasteiger partial charge on any atom is -0.549 e. The van der Waals surface area contributed by atoms with Gasteiger partial charge in [0.2, 0.25) is 0 Å². The molecule has 7 heteroatoms. The van der Waals surface area contributed by atoms with Crippen molar-refractivity contribution in [3.63, 3.8) is 0 Å². The number of carbonyl (C=O) groups excluding carboxylic acids is 1.